The minimum absolute atomic E-state index is 0.0425. The quantitative estimate of drug-likeness (QED) is 0.0444. The Labute approximate surface area is 365 Å². The second-order valence-electron chi connectivity index (χ2n) is 14.2. The van der Waals surface area contributed by atoms with E-state index in [4.69, 9.17) is 4.74 Å². The van der Waals surface area contributed by atoms with Gasteiger partial charge in [0.2, 0.25) is 29.5 Å². The number of alkyl carbamates (subject to hydrolysis) is 1. The molecule has 1 aromatic heterocycles. The van der Waals surface area contributed by atoms with Gasteiger partial charge < -0.3 is 31.3 Å². The summed E-state index contributed by atoms with van der Waals surface area (Å²) in [5, 5.41) is 24.8. The van der Waals surface area contributed by atoms with Gasteiger partial charge in [0, 0.05) is 29.7 Å². The lowest BCUT2D eigenvalue weighted by Crippen LogP contribution is -2.44. The number of aromatic nitrogens is 2. The lowest BCUT2D eigenvalue weighted by atomic mass is 9.98. The number of ether oxygens (including phenoxy) is 1. The van der Waals surface area contributed by atoms with Gasteiger partial charge in [0.15, 0.2) is 5.78 Å². The predicted octanol–water partition coefficient (Wildman–Crippen LogP) is 5.75. The van der Waals surface area contributed by atoms with Crippen molar-refractivity contribution < 1.29 is 38.4 Å². The summed E-state index contributed by atoms with van der Waals surface area (Å²) in [6.07, 6.45) is 0.0668. The molecular weight excluding hydrogens is 823 g/mol. The fraction of sp³-hybridized carbons (Fsp3) is 0.130. The molecule has 0 atom stereocenters. The maximum atomic E-state index is 13.9. The van der Waals surface area contributed by atoms with Crippen LogP contribution in [0.15, 0.2) is 134 Å². The first-order valence-corrected chi connectivity index (χ1v) is 19.8. The van der Waals surface area contributed by atoms with Crippen LogP contribution in [0.1, 0.15) is 39.9 Å². The van der Waals surface area contributed by atoms with E-state index in [-0.39, 0.29) is 52.9 Å². The van der Waals surface area contributed by atoms with E-state index in [0.29, 0.717) is 11.3 Å². The molecule has 322 valence electrons. The second kappa shape index (κ2) is 19.7. The molecule has 18 heteroatoms. The molecule has 6 aromatic rings. The third-order valence-electron chi connectivity index (χ3n) is 9.93. The Hall–Kier alpha value is -8.80. The van der Waals surface area contributed by atoms with Crippen LogP contribution < -0.4 is 31.5 Å². The van der Waals surface area contributed by atoms with E-state index in [1.54, 1.807) is 48.5 Å². The third kappa shape index (κ3) is 10.2. The van der Waals surface area contributed by atoms with Crippen LogP contribution in [-0.4, -0.2) is 76.6 Å². The van der Waals surface area contributed by atoms with Crippen molar-refractivity contribution in [1.82, 2.24) is 25.9 Å². The van der Waals surface area contributed by atoms with Crippen molar-refractivity contribution in [3.05, 3.63) is 166 Å². The van der Waals surface area contributed by atoms with Crippen LogP contribution in [0, 0.1) is 10.1 Å². The van der Waals surface area contributed by atoms with E-state index >= 15 is 0 Å². The number of para-hydroxylation sites is 1. The highest BCUT2D eigenvalue weighted by Crippen LogP contribution is 2.44. The summed E-state index contributed by atoms with van der Waals surface area (Å²) >= 11 is 0. The Morgan fingerprint density at radius 1 is 0.719 bits per heavy atom. The van der Waals surface area contributed by atoms with Gasteiger partial charge in [0.25, 0.3) is 5.91 Å². The number of ketones is 1. The van der Waals surface area contributed by atoms with Crippen LogP contribution in [0.4, 0.5) is 39.3 Å². The molecule has 0 spiro atoms. The van der Waals surface area contributed by atoms with Crippen molar-refractivity contribution in [2.45, 2.75) is 12.8 Å². The highest BCUT2D eigenvalue weighted by Gasteiger charge is 2.30. The number of hydrogen-bond acceptors (Lipinski definition) is 12. The smallest absolute Gasteiger partial charge is 0.407 e. The average molecular weight is 862 g/mol. The first-order chi connectivity index (χ1) is 31.0. The van der Waals surface area contributed by atoms with E-state index in [0.717, 1.165) is 33.4 Å². The van der Waals surface area contributed by atoms with Gasteiger partial charge in [-0.25, -0.2) is 14.7 Å². The molecule has 5 amide bonds. The normalized spacial score (nSPS) is 11.3. The second-order valence-corrected chi connectivity index (χ2v) is 14.2. The first kappa shape index (κ1) is 43.3. The molecule has 18 nitrogen and oxygen atoms in total. The number of rotatable bonds is 16. The number of nitrogens with one attached hydrogen (secondary N) is 5. The fourth-order valence-corrected chi connectivity index (χ4v) is 6.99. The Morgan fingerprint density at radius 3 is 1.97 bits per heavy atom. The van der Waals surface area contributed by atoms with Crippen LogP contribution in [0.2, 0.25) is 0 Å². The molecule has 0 fully saturated rings. The number of nitrogens with zero attached hydrogens (tertiary/aromatic N) is 4. The summed E-state index contributed by atoms with van der Waals surface area (Å²) in [6, 6.07) is 36.4. The molecule has 7 rings (SSSR count). The number of carbonyl (C=O) groups is 6. The molecule has 0 unspecified atom stereocenters. The Morgan fingerprint density at radius 2 is 1.31 bits per heavy atom. The zero-order chi connectivity index (χ0) is 45.2. The molecule has 0 radical (unpaired) electrons. The summed E-state index contributed by atoms with van der Waals surface area (Å²) < 4.78 is 5.45. The maximum Gasteiger partial charge on any atom is 0.407 e. The summed E-state index contributed by atoms with van der Waals surface area (Å²) in [6.45, 7) is -0.351. The minimum atomic E-state index is -0.825. The number of carbonyl (C=O) groups excluding carboxylic acids is 6. The van der Waals surface area contributed by atoms with E-state index in [9.17, 15) is 38.9 Å². The molecular formula is C46H39N9O9. The number of benzene rings is 5. The van der Waals surface area contributed by atoms with Gasteiger partial charge in [-0.05, 0) is 58.7 Å². The van der Waals surface area contributed by atoms with Crippen molar-refractivity contribution in [2.24, 2.45) is 0 Å². The maximum absolute atomic E-state index is 13.9. The van der Waals surface area contributed by atoms with E-state index in [1.807, 2.05) is 48.5 Å². The highest BCUT2D eigenvalue weighted by atomic mass is 16.6. The topological polar surface area (TPSA) is 244 Å². The van der Waals surface area contributed by atoms with Gasteiger partial charge >= 0.3 is 11.8 Å². The largest absolute Gasteiger partial charge is 0.449 e. The van der Waals surface area contributed by atoms with Crippen LogP contribution in [0.5, 0.6) is 0 Å². The van der Waals surface area contributed by atoms with Crippen LogP contribution in [0.25, 0.3) is 11.1 Å². The fourth-order valence-electron chi connectivity index (χ4n) is 6.99. The van der Waals surface area contributed by atoms with Gasteiger partial charge in [0.05, 0.1) is 29.4 Å². The number of anilines is 5. The lowest BCUT2D eigenvalue weighted by Gasteiger charge is -2.22. The summed E-state index contributed by atoms with van der Waals surface area (Å²) in [5.74, 6) is -3.86. The first-order valence-electron chi connectivity index (χ1n) is 19.8. The van der Waals surface area contributed by atoms with Crippen molar-refractivity contribution in [3.63, 3.8) is 0 Å². The number of nitro groups is 1. The molecule has 1 heterocycles. The molecule has 64 heavy (non-hydrogen) atoms. The minimum Gasteiger partial charge on any atom is -0.449 e. The van der Waals surface area contributed by atoms with Crippen LogP contribution >= 0.6 is 0 Å². The predicted molar refractivity (Wildman–Crippen MR) is 235 cm³/mol. The highest BCUT2D eigenvalue weighted by molar-refractivity contribution is 6.12. The van der Waals surface area contributed by atoms with Gasteiger partial charge in [-0.15, -0.1) is 0 Å². The zero-order valence-corrected chi connectivity index (χ0v) is 34.1. The van der Waals surface area contributed by atoms with Crippen LogP contribution in [0.3, 0.4) is 0 Å². The molecule has 0 saturated heterocycles. The van der Waals surface area contributed by atoms with Crippen LogP contribution in [-0.2, 0) is 23.9 Å². The van der Waals surface area contributed by atoms with Gasteiger partial charge in [0.1, 0.15) is 19.3 Å². The van der Waals surface area contributed by atoms with Crippen molar-refractivity contribution >= 4 is 70.0 Å². The molecule has 0 bridgehead atoms. The lowest BCUT2D eigenvalue weighted by molar-refractivity contribution is -0.384. The molecule has 1 aliphatic carbocycles. The van der Waals surface area contributed by atoms with Gasteiger partial charge in [-0.3, -0.25) is 34.1 Å². The van der Waals surface area contributed by atoms with Crippen molar-refractivity contribution in [1.29, 1.82) is 0 Å². The molecule has 5 aromatic carbocycles. The SMILES string of the molecule is CC(=O)Nc1ccc(N(C(=O)CNC(=O)CNC(=O)CNC(=O)OCC2c3ccccc3-c3ccccc32)c2ncc([N+](=O)[O-])c(Nc3ccccc3C(=O)c3ccccc3)n2)cc1. The molecule has 0 aliphatic heterocycles. The number of fused-ring (bicyclic) bond motifs is 3. The zero-order valence-electron chi connectivity index (χ0n) is 34.1. The van der Waals surface area contributed by atoms with Crippen molar-refractivity contribution in [2.75, 3.05) is 41.8 Å². The standard InChI is InChI=1S/C46H39N9O9/c1-28(56)51-30-19-21-31(22-20-30)54(45-49-23-39(55(62)63)44(53-45)52-38-18-10-9-17-36(38)43(60)29-11-3-2-4-12-29)42(59)26-48-40(57)24-47-41(58)25-50-46(61)64-27-37-34-15-7-5-13-32(34)33-14-6-8-16-35(33)37/h2-23,37H,24-27H2,1H3,(H,47,58)(H,48,57)(H,50,61)(H,51,56)(H,49,52,53). The van der Waals surface area contributed by atoms with E-state index in [1.165, 1.54) is 37.3 Å². The monoisotopic (exact) mass is 861 g/mol. The number of amides is 5. The van der Waals surface area contributed by atoms with E-state index in [2.05, 4.69) is 36.6 Å². The molecule has 0 saturated carbocycles. The Bertz CT molecular complexity index is 2720. The third-order valence-corrected chi connectivity index (χ3v) is 9.93. The number of hydrogen-bond donors (Lipinski definition) is 5. The van der Waals surface area contributed by atoms with Crippen molar-refractivity contribution in [3.8, 4) is 11.1 Å². The Kier molecular flexibility index (Phi) is 13.3. The summed E-state index contributed by atoms with van der Waals surface area (Å²) in [5.41, 5.74) is 4.91. The summed E-state index contributed by atoms with van der Waals surface area (Å²) in [4.78, 5) is 97.9. The van der Waals surface area contributed by atoms with E-state index < -0.39 is 54.1 Å². The Balaban J connectivity index is 0.996. The molecule has 5 N–H and O–H groups in total. The van der Waals surface area contributed by atoms with Gasteiger partial charge in [-0.2, -0.15) is 4.98 Å². The van der Waals surface area contributed by atoms with Gasteiger partial charge in [-0.1, -0.05) is 91.0 Å². The molecule has 1 aliphatic rings. The average Bonchev–Trinajstić information content (AvgIpc) is 3.62. The summed E-state index contributed by atoms with van der Waals surface area (Å²) in [7, 11) is 0.